The van der Waals surface area contributed by atoms with E-state index in [1.165, 1.54) is 13.2 Å². The lowest BCUT2D eigenvalue weighted by molar-refractivity contribution is -0.145. The van der Waals surface area contributed by atoms with E-state index in [1.54, 1.807) is 20.8 Å². The zero-order chi connectivity index (χ0) is 24.1. The Balaban J connectivity index is 1.58. The van der Waals surface area contributed by atoms with E-state index >= 15 is 4.39 Å². The highest BCUT2D eigenvalue weighted by atomic mass is 19.1. The summed E-state index contributed by atoms with van der Waals surface area (Å²) in [6, 6.07) is 0. The molecule has 3 N–H and O–H groups in total. The van der Waals surface area contributed by atoms with Gasteiger partial charge < -0.3 is 19.7 Å². The summed E-state index contributed by atoms with van der Waals surface area (Å²) in [5.41, 5.74) is 0.538. The van der Waals surface area contributed by atoms with Gasteiger partial charge in [-0.25, -0.2) is 20.0 Å². The van der Waals surface area contributed by atoms with Gasteiger partial charge in [0.05, 0.1) is 13.0 Å². The van der Waals surface area contributed by atoms with E-state index in [-0.39, 0.29) is 23.3 Å². The fourth-order valence-electron chi connectivity index (χ4n) is 4.68. The van der Waals surface area contributed by atoms with Gasteiger partial charge in [-0.05, 0) is 57.9 Å². The third-order valence-corrected chi connectivity index (χ3v) is 6.28. The number of hydrazine groups is 1. The first-order chi connectivity index (χ1) is 15.5. The van der Waals surface area contributed by atoms with Crippen LogP contribution in [0.15, 0.2) is 34.5 Å². The zero-order valence-electron chi connectivity index (χ0n) is 19.4. The number of fused-ring (bicyclic) bond motifs is 1. The van der Waals surface area contributed by atoms with Gasteiger partial charge in [-0.15, -0.1) is 0 Å². The lowest BCUT2D eigenvalue weighted by Gasteiger charge is -2.36. The number of allylic oxidation sites excluding steroid dienone is 2. The second-order valence-electron chi connectivity index (χ2n) is 9.97. The number of likely N-dealkylation sites (tertiary alicyclic amines) is 1. The third-order valence-electron chi connectivity index (χ3n) is 6.28. The maximum atomic E-state index is 15.3. The van der Waals surface area contributed by atoms with Crippen molar-refractivity contribution in [1.29, 1.82) is 0 Å². The van der Waals surface area contributed by atoms with Gasteiger partial charge in [0.25, 0.3) is 11.8 Å². The number of nitrogens with two attached hydrogens (primary N) is 1. The average Bonchev–Trinajstić information content (AvgIpc) is 3.46. The van der Waals surface area contributed by atoms with Gasteiger partial charge in [0.15, 0.2) is 0 Å². The molecular formula is C23H31FN4O5. The first-order valence-electron chi connectivity index (χ1n) is 11.3. The van der Waals surface area contributed by atoms with Crippen LogP contribution in [0.4, 0.5) is 9.18 Å². The van der Waals surface area contributed by atoms with E-state index in [0.717, 1.165) is 19.3 Å². The molecule has 0 aromatic rings. The second kappa shape index (κ2) is 8.48. The predicted molar refractivity (Wildman–Crippen MR) is 116 cm³/mol. The van der Waals surface area contributed by atoms with Gasteiger partial charge in [-0.2, -0.15) is 0 Å². The van der Waals surface area contributed by atoms with Crippen LogP contribution in [0.1, 0.15) is 40.0 Å². The molecule has 180 valence electrons. The molecular weight excluding hydrogens is 431 g/mol. The number of alkyl carbamates (subject to hydrolysis) is 1. The van der Waals surface area contributed by atoms with Crippen LogP contribution < -0.4 is 11.2 Å². The molecule has 1 saturated heterocycles. The van der Waals surface area contributed by atoms with Crippen molar-refractivity contribution < 1.29 is 28.2 Å². The molecule has 9 nitrogen and oxygen atoms in total. The van der Waals surface area contributed by atoms with E-state index in [1.807, 2.05) is 4.90 Å². The van der Waals surface area contributed by atoms with Crippen molar-refractivity contribution in [2.75, 3.05) is 26.7 Å². The first-order valence-corrected chi connectivity index (χ1v) is 11.3. The molecule has 33 heavy (non-hydrogen) atoms. The number of ether oxygens (including phenoxy) is 2. The number of hydrogen-bond acceptors (Lipinski definition) is 7. The summed E-state index contributed by atoms with van der Waals surface area (Å²) < 4.78 is 26.3. The molecule has 4 rings (SSSR count). The molecule has 10 heteroatoms. The number of halogens is 1. The van der Waals surface area contributed by atoms with Gasteiger partial charge >= 0.3 is 6.09 Å². The van der Waals surface area contributed by atoms with E-state index in [2.05, 4.69) is 5.32 Å². The van der Waals surface area contributed by atoms with Crippen LogP contribution in [0.2, 0.25) is 0 Å². The minimum absolute atomic E-state index is 0.000494. The number of rotatable bonds is 5. The zero-order valence-corrected chi connectivity index (χ0v) is 19.4. The Bertz CT molecular complexity index is 976. The molecule has 2 fully saturated rings. The van der Waals surface area contributed by atoms with E-state index in [4.69, 9.17) is 15.3 Å². The third kappa shape index (κ3) is 4.48. The monoisotopic (exact) mass is 462 g/mol. The highest BCUT2D eigenvalue weighted by Crippen LogP contribution is 2.48. The quantitative estimate of drug-likeness (QED) is 0.365. The van der Waals surface area contributed by atoms with Crippen molar-refractivity contribution in [2.24, 2.45) is 23.6 Å². The second-order valence-corrected chi connectivity index (χ2v) is 9.97. The van der Waals surface area contributed by atoms with Crippen molar-refractivity contribution in [3.63, 3.8) is 0 Å². The van der Waals surface area contributed by atoms with Gasteiger partial charge in [0, 0.05) is 30.8 Å². The molecule has 4 aliphatic rings. The number of carbonyl (C=O) groups excluding carboxylic acids is 3. The Hall–Kier alpha value is -2.88. The van der Waals surface area contributed by atoms with Crippen molar-refractivity contribution in [2.45, 2.75) is 45.6 Å². The normalized spacial score (nSPS) is 25.9. The van der Waals surface area contributed by atoms with Crippen molar-refractivity contribution in [1.82, 2.24) is 15.2 Å². The fraction of sp³-hybridized carbons (Fsp3) is 0.609. The number of nitrogens with one attached hydrogen (secondary N) is 1. The Morgan fingerprint density at radius 3 is 2.55 bits per heavy atom. The van der Waals surface area contributed by atoms with Crippen LogP contribution in [0, 0.1) is 17.8 Å². The highest BCUT2D eigenvalue weighted by molar-refractivity contribution is 6.11. The summed E-state index contributed by atoms with van der Waals surface area (Å²) in [5, 5.41) is 3.37. The number of imide groups is 1. The topological polar surface area (TPSA) is 114 Å². The van der Waals surface area contributed by atoms with E-state index in [0.29, 0.717) is 35.8 Å². The molecule has 0 radical (unpaired) electrons. The molecule has 2 atom stereocenters. The van der Waals surface area contributed by atoms with Gasteiger partial charge in [-0.1, -0.05) is 0 Å². The van der Waals surface area contributed by atoms with Crippen LogP contribution in [-0.2, 0) is 19.1 Å². The highest BCUT2D eigenvalue weighted by Gasteiger charge is 2.49. The number of methoxy groups -OCH3 is 1. The number of carbonyl (C=O) groups is 3. The molecule has 0 aromatic heterocycles. The Morgan fingerprint density at radius 1 is 1.24 bits per heavy atom. The lowest BCUT2D eigenvalue weighted by atomic mass is 9.81. The Labute approximate surface area is 192 Å². The van der Waals surface area contributed by atoms with Crippen LogP contribution >= 0.6 is 0 Å². The smallest absolute Gasteiger partial charge is 0.407 e. The molecule has 2 aliphatic carbocycles. The van der Waals surface area contributed by atoms with Gasteiger partial charge in [0.2, 0.25) is 0 Å². The molecule has 2 heterocycles. The fourth-order valence-corrected chi connectivity index (χ4v) is 4.68. The molecule has 0 aromatic carbocycles. The minimum atomic E-state index is -0.978. The summed E-state index contributed by atoms with van der Waals surface area (Å²) in [6.07, 6.45) is 3.11. The summed E-state index contributed by atoms with van der Waals surface area (Å²) in [7, 11) is 1.42. The molecule has 0 bridgehead atoms. The van der Waals surface area contributed by atoms with Crippen LogP contribution in [0.25, 0.3) is 0 Å². The summed E-state index contributed by atoms with van der Waals surface area (Å²) in [4.78, 5) is 39.3. The largest absolute Gasteiger partial charge is 0.494 e. The van der Waals surface area contributed by atoms with Crippen molar-refractivity contribution >= 4 is 17.9 Å². The maximum absolute atomic E-state index is 15.3. The van der Waals surface area contributed by atoms with E-state index in [9.17, 15) is 14.4 Å². The molecule has 0 spiro atoms. The SMILES string of the molecule is COC1=C(N2CC[C@@H](CNC(=O)OC(C)(C)C)C2)C(F)=CC2C(=O)N(N)C(=O)C(C3CC3)=C12. The summed E-state index contributed by atoms with van der Waals surface area (Å²) in [5.74, 6) is 3.27. The minimum Gasteiger partial charge on any atom is -0.494 e. The van der Waals surface area contributed by atoms with Crippen molar-refractivity contribution in [3.05, 3.63) is 34.5 Å². The predicted octanol–water partition coefficient (Wildman–Crippen LogP) is 2.12. The van der Waals surface area contributed by atoms with E-state index < -0.39 is 35.3 Å². The molecule has 1 unspecified atom stereocenters. The van der Waals surface area contributed by atoms with Crippen LogP contribution in [0.3, 0.4) is 0 Å². The maximum Gasteiger partial charge on any atom is 0.407 e. The Kier molecular flexibility index (Phi) is 5.98. The molecule has 1 saturated carbocycles. The molecule has 2 aliphatic heterocycles. The van der Waals surface area contributed by atoms with Gasteiger partial charge in [-0.3, -0.25) is 9.59 Å². The van der Waals surface area contributed by atoms with Crippen LogP contribution in [-0.4, -0.2) is 60.2 Å². The van der Waals surface area contributed by atoms with Gasteiger partial charge in [0.1, 0.15) is 22.9 Å². The Morgan fingerprint density at radius 2 is 1.94 bits per heavy atom. The lowest BCUT2D eigenvalue weighted by Crippen LogP contribution is -2.51. The number of nitrogens with zero attached hydrogens (tertiary/aromatic N) is 2. The number of amides is 3. The van der Waals surface area contributed by atoms with Crippen molar-refractivity contribution in [3.8, 4) is 0 Å². The van der Waals surface area contributed by atoms with Crippen LogP contribution in [0.5, 0.6) is 0 Å². The molecule has 3 amide bonds. The summed E-state index contributed by atoms with van der Waals surface area (Å²) >= 11 is 0. The summed E-state index contributed by atoms with van der Waals surface area (Å²) in [6.45, 7) is 6.81. The average molecular weight is 463 g/mol. The standard InChI is InChI=1S/C23H31FN4O5/c1-23(2,3)33-22(31)26-10-12-7-8-27(11-12)18-15(24)9-14-17(19(18)32-4)16(13-5-6-13)21(30)28(25)20(14)29/h9,12-14H,5-8,10-11,25H2,1-4H3,(H,26,31)/t12-,14?/m0/s1. The number of hydrogen-bond donors (Lipinski definition) is 2. The first kappa shape index (κ1) is 23.3.